The maximum Gasteiger partial charge on any atom is 0.293 e. The van der Waals surface area contributed by atoms with E-state index in [0.717, 1.165) is 17.1 Å². The normalized spacial score (nSPS) is 17.4. The molecule has 2 bridgehead atoms. The SMILES string of the molecule is CC(C)N(C)Cc1ccc(Nc2nc(-c3ccc(F)c(CC(=O)c4cc5c(s4)C4CCC5C4)c3)cn(C)c2=O)cc1. The van der Waals surface area contributed by atoms with E-state index in [1.165, 1.54) is 45.9 Å². The van der Waals surface area contributed by atoms with Gasteiger partial charge in [-0.2, -0.15) is 0 Å². The van der Waals surface area contributed by atoms with E-state index < -0.39 is 5.82 Å². The van der Waals surface area contributed by atoms with E-state index in [1.54, 1.807) is 36.7 Å². The second-order valence-corrected chi connectivity index (χ2v) is 12.8. The minimum Gasteiger partial charge on any atom is -0.336 e. The largest absolute Gasteiger partial charge is 0.336 e. The van der Waals surface area contributed by atoms with E-state index in [2.05, 4.69) is 42.2 Å². The van der Waals surface area contributed by atoms with Crippen molar-refractivity contribution >= 4 is 28.6 Å². The van der Waals surface area contributed by atoms with Crippen molar-refractivity contribution in [3.8, 4) is 11.3 Å². The lowest BCUT2D eigenvalue weighted by molar-refractivity contribution is 0.0995. The van der Waals surface area contributed by atoms with E-state index in [-0.39, 0.29) is 23.6 Å². The van der Waals surface area contributed by atoms with E-state index in [4.69, 9.17) is 0 Å². The molecule has 2 heterocycles. The molecule has 2 aliphatic carbocycles. The van der Waals surface area contributed by atoms with Gasteiger partial charge in [0.15, 0.2) is 11.6 Å². The molecule has 0 amide bonds. The number of benzene rings is 2. The Morgan fingerprint density at radius 2 is 1.90 bits per heavy atom. The van der Waals surface area contributed by atoms with Crippen molar-refractivity contribution < 1.29 is 9.18 Å². The first-order chi connectivity index (χ1) is 19.7. The molecule has 1 fully saturated rings. The summed E-state index contributed by atoms with van der Waals surface area (Å²) in [6.45, 7) is 5.15. The molecule has 2 aromatic heterocycles. The number of nitrogens with zero attached hydrogens (tertiary/aromatic N) is 3. The van der Waals surface area contributed by atoms with Crippen LogP contribution >= 0.6 is 11.3 Å². The highest BCUT2D eigenvalue weighted by molar-refractivity contribution is 7.14. The number of Topliss-reactive ketones (excluding diaryl/α,β-unsaturated/α-hetero) is 1. The summed E-state index contributed by atoms with van der Waals surface area (Å²) in [5, 5.41) is 3.15. The Kier molecular flexibility index (Phi) is 7.38. The van der Waals surface area contributed by atoms with E-state index in [9.17, 15) is 14.0 Å². The molecule has 2 aliphatic rings. The maximum absolute atomic E-state index is 14.9. The average Bonchev–Trinajstić information content (AvgIpc) is 3.68. The molecule has 4 aromatic rings. The van der Waals surface area contributed by atoms with E-state index in [0.29, 0.717) is 34.7 Å². The number of rotatable bonds is 9. The maximum atomic E-state index is 14.9. The topological polar surface area (TPSA) is 67.2 Å². The molecule has 6 rings (SSSR count). The summed E-state index contributed by atoms with van der Waals surface area (Å²) >= 11 is 1.60. The number of fused-ring (bicyclic) bond motifs is 5. The Hall–Kier alpha value is -3.62. The summed E-state index contributed by atoms with van der Waals surface area (Å²) in [4.78, 5) is 35.0. The summed E-state index contributed by atoms with van der Waals surface area (Å²) in [6, 6.07) is 15.1. The molecular formula is C33H35FN4O2S. The van der Waals surface area contributed by atoms with Gasteiger partial charge in [-0.15, -0.1) is 11.3 Å². The zero-order chi connectivity index (χ0) is 28.8. The van der Waals surface area contributed by atoms with Gasteiger partial charge in [0.2, 0.25) is 0 Å². The summed E-state index contributed by atoms with van der Waals surface area (Å²) in [5.74, 6) is 0.902. The van der Waals surface area contributed by atoms with Crippen molar-refractivity contribution in [2.24, 2.45) is 7.05 Å². The Bertz CT molecular complexity index is 1650. The van der Waals surface area contributed by atoms with Crippen LogP contribution in [0.25, 0.3) is 11.3 Å². The first-order valence-corrected chi connectivity index (χ1v) is 15.1. The third-order valence-corrected chi connectivity index (χ3v) is 9.96. The molecule has 2 aromatic carbocycles. The van der Waals surface area contributed by atoms with Crippen molar-refractivity contribution in [2.75, 3.05) is 12.4 Å². The molecule has 6 nitrogen and oxygen atoms in total. The molecule has 0 spiro atoms. The highest BCUT2D eigenvalue weighted by Gasteiger charge is 2.39. The average molecular weight is 571 g/mol. The Morgan fingerprint density at radius 3 is 2.63 bits per heavy atom. The summed E-state index contributed by atoms with van der Waals surface area (Å²) in [7, 11) is 3.75. The number of hydrogen-bond donors (Lipinski definition) is 1. The van der Waals surface area contributed by atoms with Crippen molar-refractivity contribution in [1.82, 2.24) is 14.5 Å². The van der Waals surface area contributed by atoms with Gasteiger partial charge in [-0.25, -0.2) is 9.37 Å². The Morgan fingerprint density at radius 1 is 1.15 bits per heavy atom. The highest BCUT2D eigenvalue weighted by Crippen LogP contribution is 2.56. The van der Waals surface area contributed by atoms with Gasteiger partial charge >= 0.3 is 0 Å². The molecule has 1 N–H and O–H groups in total. The number of halogens is 1. The lowest BCUT2D eigenvalue weighted by Crippen LogP contribution is -2.25. The minimum absolute atomic E-state index is 0.0103. The van der Waals surface area contributed by atoms with E-state index >= 15 is 0 Å². The van der Waals surface area contributed by atoms with Crippen LogP contribution in [0.5, 0.6) is 0 Å². The fourth-order valence-corrected chi connectivity index (χ4v) is 7.29. The second-order valence-electron chi connectivity index (χ2n) is 11.8. The monoisotopic (exact) mass is 570 g/mol. The molecule has 0 aliphatic heterocycles. The summed E-state index contributed by atoms with van der Waals surface area (Å²) in [5.41, 5.74) is 4.50. The van der Waals surface area contributed by atoms with Crippen molar-refractivity contribution in [2.45, 2.75) is 64.0 Å². The fourth-order valence-electron chi connectivity index (χ4n) is 5.95. The van der Waals surface area contributed by atoms with E-state index in [1.807, 2.05) is 24.3 Å². The number of carbonyl (C=O) groups excluding carboxylic acids is 1. The lowest BCUT2D eigenvalue weighted by atomic mass is 9.98. The molecule has 0 radical (unpaired) electrons. The van der Waals surface area contributed by atoms with Crippen LogP contribution in [0.2, 0.25) is 0 Å². The molecule has 0 saturated heterocycles. The van der Waals surface area contributed by atoms with Crippen molar-refractivity contribution in [1.29, 1.82) is 0 Å². The van der Waals surface area contributed by atoms with Gasteiger partial charge < -0.3 is 9.88 Å². The van der Waals surface area contributed by atoms with Gasteiger partial charge in [0.05, 0.1) is 10.6 Å². The van der Waals surface area contributed by atoms with Crippen molar-refractivity contribution in [3.63, 3.8) is 0 Å². The smallest absolute Gasteiger partial charge is 0.293 e. The number of thiophene rings is 1. The van der Waals surface area contributed by atoms with Crippen LogP contribution in [0.15, 0.2) is 59.5 Å². The van der Waals surface area contributed by atoms with Gasteiger partial charge in [0, 0.05) is 48.4 Å². The van der Waals surface area contributed by atoms with Gasteiger partial charge in [0.25, 0.3) is 5.56 Å². The molecule has 41 heavy (non-hydrogen) atoms. The zero-order valence-electron chi connectivity index (χ0n) is 23.9. The third kappa shape index (κ3) is 5.51. The molecule has 2 atom stereocenters. The van der Waals surface area contributed by atoms with Crippen LogP contribution in [0.1, 0.15) is 76.2 Å². The quantitative estimate of drug-likeness (QED) is 0.219. The first-order valence-electron chi connectivity index (χ1n) is 14.3. The molecule has 212 valence electrons. The predicted molar refractivity (Wildman–Crippen MR) is 163 cm³/mol. The number of carbonyl (C=O) groups is 1. The number of aromatic nitrogens is 2. The van der Waals surface area contributed by atoms with Gasteiger partial charge in [-0.1, -0.05) is 12.1 Å². The molecular weight excluding hydrogens is 535 g/mol. The molecule has 8 heteroatoms. The van der Waals surface area contributed by atoms with Crippen LogP contribution in [0.4, 0.5) is 15.9 Å². The highest BCUT2D eigenvalue weighted by atomic mass is 32.1. The first kappa shape index (κ1) is 27.5. The molecule has 1 saturated carbocycles. The standard InChI is InChI=1S/C33H35FN4O2S/c1-19(2)37(3)17-20-5-10-25(11-6-20)35-32-33(40)38(4)18-28(36-32)22-9-12-27(34)24(14-22)15-29(39)30-16-26-21-7-8-23(13-21)31(26)41-30/h5-6,9-12,14,16,18-19,21,23H,7-8,13,15,17H2,1-4H3,(H,35,36). The lowest BCUT2D eigenvalue weighted by Gasteiger charge is -2.21. The zero-order valence-corrected chi connectivity index (χ0v) is 24.7. The summed E-state index contributed by atoms with van der Waals surface area (Å²) in [6.07, 6.45) is 5.27. The van der Waals surface area contributed by atoms with Crippen LogP contribution in [-0.2, 0) is 20.0 Å². The van der Waals surface area contributed by atoms with Gasteiger partial charge in [-0.05, 0) is 105 Å². The van der Waals surface area contributed by atoms with Crippen LogP contribution in [0, 0.1) is 5.82 Å². The molecule has 2 unspecified atom stereocenters. The number of ketones is 1. The van der Waals surface area contributed by atoms with Crippen molar-refractivity contribution in [3.05, 3.63) is 97.3 Å². The van der Waals surface area contributed by atoms with Crippen LogP contribution < -0.4 is 10.9 Å². The minimum atomic E-state index is -0.419. The Balaban J connectivity index is 1.22. The second kappa shape index (κ2) is 11.0. The summed E-state index contributed by atoms with van der Waals surface area (Å²) < 4.78 is 16.3. The fraction of sp³-hybridized carbons (Fsp3) is 0.364. The van der Waals surface area contributed by atoms with Crippen LogP contribution in [0.3, 0.4) is 0 Å². The number of aryl methyl sites for hydroxylation is 1. The van der Waals surface area contributed by atoms with Gasteiger partial charge in [-0.3, -0.25) is 14.5 Å². The van der Waals surface area contributed by atoms with Crippen LogP contribution in [-0.4, -0.2) is 33.3 Å². The number of hydrogen-bond acceptors (Lipinski definition) is 6. The third-order valence-electron chi connectivity index (χ3n) is 8.60. The number of anilines is 2. The Labute approximate surface area is 243 Å². The predicted octanol–water partition coefficient (Wildman–Crippen LogP) is 7.02. The van der Waals surface area contributed by atoms with Gasteiger partial charge in [0.1, 0.15) is 5.82 Å². The number of nitrogens with one attached hydrogen (secondary N) is 1.